The molecular weight excluding hydrogens is 227 g/mol. The Kier molecular flexibility index (Phi) is 3.26. The molecule has 0 amide bonds. The van der Waals surface area contributed by atoms with Crippen LogP contribution in [-0.4, -0.2) is 22.4 Å². The molecular formula is C14H19N2P. The first-order chi connectivity index (χ1) is 8.40. The minimum atomic E-state index is -0.0108. The zero-order valence-electron chi connectivity index (χ0n) is 10.3. The second-order valence-electron chi connectivity index (χ2n) is 4.85. The molecule has 1 saturated heterocycles. The van der Waals surface area contributed by atoms with Crippen molar-refractivity contribution in [1.29, 1.82) is 0 Å². The maximum atomic E-state index is 4.29. The quantitative estimate of drug-likeness (QED) is 0.754. The lowest BCUT2D eigenvalue weighted by atomic mass is 9.91. The maximum absolute atomic E-state index is 4.29. The van der Waals surface area contributed by atoms with E-state index in [1.807, 2.05) is 6.20 Å². The zero-order chi connectivity index (χ0) is 11.7. The van der Waals surface area contributed by atoms with Crippen molar-refractivity contribution >= 4 is 8.07 Å². The van der Waals surface area contributed by atoms with E-state index in [0.717, 1.165) is 0 Å². The zero-order valence-corrected chi connectivity index (χ0v) is 11.2. The van der Waals surface area contributed by atoms with Gasteiger partial charge in [0.15, 0.2) is 0 Å². The summed E-state index contributed by atoms with van der Waals surface area (Å²) >= 11 is 0. The normalized spacial score (nSPS) is 31.9. The van der Waals surface area contributed by atoms with E-state index in [1.54, 1.807) is 0 Å². The number of pyridine rings is 1. The van der Waals surface area contributed by atoms with E-state index in [4.69, 9.17) is 0 Å². The predicted octanol–water partition coefficient (Wildman–Crippen LogP) is 3.78. The van der Waals surface area contributed by atoms with Gasteiger partial charge in [-0.1, -0.05) is 19.1 Å². The molecule has 3 heteroatoms. The van der Waals surface area contributed by atoms with Crippen LogP contribution < -0.4 is 0 Å². The van der Waals surface area contributed by atoms with E-state index < -0.39 is 0 Å². The smallest absolute Gasteiger partial charge is 0.0465 e. The Labute approximate surface area is 105 Å². The highest BCUT2D eigenvalue weighted by molar-refractivity contribution is 7.58. The van der Waals surface area contributed by atoms with Crippen molar-refractivity contribution in [3.8, 4) is 0 Å². The Balaban J connectivity index is 1.93. The van der Waals surface area contributed by atoms with Gasteiger partial charge in [0.05, 0.1) is 0 Å². The average Bonchev–Trinajstić information content (AvgIpc) is 2.41. The summed E-state index contributed by atoms with van der Waals surface area (Å²) < 4.78 is 2.74. The van der Waals surface area contributed by atoms with Gasteiger partial charge in [0, 0.05) is 25.0 Å². The molecule has 0 radical (unpaired) electrons. The van der Waals surface area contributed by atoms with Crippen molar-refractivity contribution in [2.24, 2.45) is 5.92 Å². The second-order valence-corrected chi connectivity index (χ2v) is 6.99. The van der Waals surface area contributed by atoms with Gasteiger partial charge in [-0.3, -0.25) is 9.65 Å². The second kappa shape index (κ2) is 4.88. The van der Waals surface area contributed by atoms with Crippen LogP contribution in [0.1, 0.15) is 31.4 Å². The summed E-state index contributed by atoms with van der Waals surface area (Å²) in [5, 5.41) is 0. The van der Waals surface area contributed by atoms with Gasteiger partial charge in [-0.15, -0.1) is 0 Å². The summed E-state index contributed by atoms with van der Waals surface area (Å²) in [7, 11) is -0.0108. The Morgan fingerprint density at radius 2 is 2.47 bits per heavy atom. The highest BCUT2D eigenvalue weighted by Crippen LogP contribution is 2.59. The van der Waals surface area contributed by atoms with E-state index in [-0.39, 0.29) is 8.07 Å². The summed E-state index contributed by atoms with van der Waals surface area (Å²) in [6, 6.07) is 4.90. The topological polar surface area (TPSA) is 16.1 Å². The number of rotatable bonds is 3. The summed E-state index contributed by atoms with van der Waals surface area (Å²) in [5.41, 5.74) is 1.41. The summed E-state index contributed by atoms with van der Waals surface area (Å²) in [6.45, 7) is 3.51. The number of nitrogens with zero attached hydrogens (tertiary/aromatic N) is 2. The third-order valence-electron chi connectivity index (χ3n) is 3.73. The summed E-state index contributed by atoms with van der Waals surface area (Å²) in [4.78, 5) is 4.29. The molecule has 1 aromatic heterocycles. The van der Waals surface area contributed by atoms with Crippen LogP contribution in [0, 0.1) is 5.92 Å². The molecule has 0 N–H and O–H groups in total. The Morgan fingerprint density at radius 1 is 1.53 bits per heavy atom. The molecule has 4 heterocycles. The van der Waals surface area contributed by atoms with E-state index in [2.05, 4.69) is 46.8 Å². The van der Waals surface area contributed by atoms with Gasteiger partial charge in [-0.2, -0.15) is 0 Å². The van der Waals surface area contributed by atoms with E-state index in [9.17, 15) is 0 Å². The number of hydrogen-bond donors (Lipinski definition) is 0. The largest absolute Gasteiger partial charge is 0.271 e. The molecule has 3 aliphatic heterocycles. The third-order valence-corrected chi connectivity index (χ3v) is 6.07. The first-order valence-electron chi connectivity index (χ1n) is 6.51. The lowest BCUT2D eigenvalue weighted by Gasteiger charge is -2.48. The lowest BCUT2D eigenvalue weighted by Crippen LogP contribution is -2.37. The molecule has 3 unspecified atom stereocenters. The average molecular weight is 246 g/mol. The van der Waals surface area contributed by atoms with Crippen LogP contribution in [0.15, 0.2) is 36.4 Å². The number of fused-ring (bicyclic) bond motifs is 2. The predicted molar refractivity (Wildman–Crippen MR) is 73.0 cm³/mol. The molecule has 2 nitrogen and oxygen atoms in total. The highest BCUT2D eigenvalue weighted by Gasteiger charge is 2.38. The van der Waals surface area contributed by atoms with Crippen molar-refractivity contribution in [3.63, 3.8) is 0 Å². The first-order valence-corrected chi connectivity index (χ1v) is 8.06. The first kappa shape index (κ1) is 11.4. The minimum Gasteiger partial charge on any atom is -0.271 e. The highest BCUT2D eigenvalue weighted by atomic mass is 31.1. The molecule has 4 rings (SSSR count). The Hall–Kier alpha value is -0.720. The molecule has 1 aromatic rings. The number of aromatic nitrogens is 1. The van der Waals surface area contributed by atoms with Gasteiger partial charge in [0.1, 0.15) is 0 Å². The van der Waals surface area contributed by atoms with Crippen LogP contribution in [0.4, 0.5) is 0 Å². The molecule has 1 fully saturated rings. The summed E-state index contributed by atoms with van der Waals surface area (Å²) in [6.07, 6.45) is 10.4. The molecule has 2 bridgehead atoms. The van der Waals surface area contributed by atoms with Crippen molar-refractivity contribution in [1.82, 2.24) is 9.65 Å². The molecule has 3 atom stereocenters. The van der Waals surface area contributed by atoms with Crippen LogP contribution in [0.2, 0.25) is 0 Å². The maximum Gasteiger partial charge on any atom is 0.0465 e. The van der Waals surface area contributed by atoms with E-state index in [1.165, 1.54) is 31.1 Å². The standard InChI is InChI=1S/C14H19N2P/c1-2-8-16-14(13-4-3-7-15-11-13)12-5-9-17(16)10-6-12/h3-5,7,9,11-12,14H,2,6,8,10H2,1H3. The van der Waals surface area contributed by atoms with Crippen LogP contribution >= 0.6 is 8.07 Å². The molecule has 0 aromatic carbocycles. The fourth-order valence-electron chi connectivity index (χ4n) is 2.99. The summed E-state index contributed by atoms with van der Waals surface area (Å²) in [5.74, 6) is 3.18. The molecule has 90 valence electrons. The van der Waals surface area contributed by atoms with Crippen molar-refractivity contribution in [2.45, 2.75) is 25.8 Å². The lowest BCUT2D eigenvalue weighted by molar-refractivity contribution is 0.255. The van der Waals surface area contributed by atoms with Gasteiger partial charge in [0.25, 0.3) is 0 Å². The van der Waals surface area contributed by atoms with Crippen molar-refractivity contribution < 1.29 is 0 Å². The van der Waals surface area contributed by atoms with Gasteiger partial charge in [-0.05, 0) is 50.4 Å². The van der Waals surface area contributed by atoms with Crippen molar-refractivity contribution in [2.75, 3.05) is 12.7 Å². The van der Waals surface area contributed by atoms with E-state index >= 15 is 0 Å². The van der Waals surface area contributed by atoms with Gasteiger partial charge < -0.3 is 0 Å². The Morgan fingerprint density at radius 3 is 3.12 bits per heavy atom. The third kappa shape index (κ3) is 2.05. The molecule has 17 heavy (non-hydrogen) atoms. The van der Waals surface area contributed by atoms with Crippen LogP contribution in [0.25, 0.3) is 0 Å². The minimum absolute atomic E-state index is 0.0108. The monoisotopic (exact) mass is 246 g/mol. The fourth-order valence-corrected chi connectivity index (χ4v) is 5.63. The van der Waals surface area contributed by atoms with Gasteiger partial charge >= 0.3 is 0 Å². The van der Waals surface area contributed by atoms with Crippen LogP contribution in [-0.2, 0) is 0 Å². The molecule has 3 aliphatic rings. The molecule has 0 spiro atoms. The Bertz CT molecular complexity index is 404. The van der Waals surface area contributed by atoms with E-state index in [0.29, 0.717) is 12.0 Å². The fraction of sp³-hybridized carbons (Fsp3) is 0.500. The molecule has 0 aliphatic carbocycles. The van der Waals surface area contributed by atoms with Gasteiger partial charge in [0.2, 0.25) is 0 Å². The number of hydrogen-bond acceptors (Lipinski definition) is 2. The van der Waals surface area contributed by atoms with Gasteiger partial charge in [-0.25, -0.2) is 0 Å². The SMILES string of the molecule is CCCN1C(c2cccnc2)C2C=CP1CC2. The van der Waals surface area contributed by atoms with Crippen molar-refractivity contribution in [3.05, 3.63) is 42.0 Å². The molecule has 0 saturated carbocycles. The van der Waals surface area contributed by atoms with Crippen LogP contribution in [0.5, 0.6) is 0 Å². The van der Waals surface area contributed by atoms with Crippen LogP contribution in [0.3, 0.4) is 0 Å².